The molecule has 2 aliphatic rings. The quantitative estimate of drug-likeness (QED) is 0.661. The van der Waals surface area contributed by atoms with Gasteiger partial charge in [0.2, 0.25) is 15.9 Å². The van der Waals surface area contributed by atoms with Gasteiger partial charge in [-0.05, 0) is 74.2 Å². The van der Waals surface area contributed by atoms with Crippen molar-refractivity contribution in [1.82, 2.24) is 14.1 Å². The van der Waals surface area contributed by atoms with Crippen molar-refractivity contribution in [2.75, 3.05) is 32.7 Å². The number of carbonyl (C=O) groups excluding carboxylic acids is 2. The summed E-state index contributed by atoms with van der Waals surface area (Å²) in [6.45, 7) is 9.33. The number of piperazine rings is 1. The number of likely N-dealkylation sites (tertiary alicyclic amines) is 1. The summed E-state index contributed by atoms with van der Waals surface area (Å²) >= 11 is 1.38. The third-order valence-electron chi connectivity index (χ3n) is 6.98. The van der Waals surface area contributed by atoms with E-state index in [-0.39, 0.29) is 24.9 Å². The van der Waals surface area contributed by atoms with Crippen molar-refractivity contribution in [3.8, 4) is 0 Å². The second kappa shape index (κ2) is 9.19. The van der Waals surface area contributed by atoms with Gasteiger partial charge in [0.1, 0.15) is 6.04 Å². The van der Waals surface area contributed by atoms with Crippen molar-refractivity contribution < 1.29 is 18.0 Å². The number of aryl methyl sites for hydroxylation is 2. The number of carbonyl (C=O) groups is 2. The highest BCUT2D eigenvalue weighted by Crippen LogP contribution is 2.30. The van der Waals surface area contributed by atoms with E-state index in [1.54, 1.807) is 15.9 Å². The predicted molar refractivity (Wildman–Crippen MR) is 129 cm³/mol. The molecule has 0 unspecified atom stereocenters. The molecule has 1 aromatic heterocycles. The minimum absolute atomic E-state index is 0.0757. The van der Waals surface area contributed by atoms with E-state index in [0.29, 0.717) is 35.8 Å². The van der Waals surface area contributed by atoms with Gasteiger partial charge in [0.15, 0.2) is 0 Å². The molecule has 1 aromatic carbocycles. The third kappa shape index (κ3) is 4.34. The summed E-state index contributed by atoms with van der Waals surface area (Å²) in [5, 5.41) is 1.86. The summed E-state index contributed by atoms with van der Waals surface area (Å²) in [6, 6.07) is 5.18. The zero-order valence-electron chi connectivity index (χ0n) is 19.6. The maximum absolute atomic E-state index is 13.5. The standard InChI is InChI=1S/C24H31N3O4S2/c1-16-15-17(2)19(4)22(18(16)3)33(30,31)26-12-10-25(11-13-26)23(28)20-7-5-9-27(20)24(29)21-8-6-14-32-21/h6,8,14-15,20H,5,7,9-13H2,1-4H3/t20-/m0/s1. The highest BCUT2D eigenvalue weighted by atomic mass is 32.2. The van der Waals surface area contributed by atoms with Crippen LogP contribution in [0.2, 0.25) is 0 Å². The Morgan fingerprint density at radius 1 is 0.970 bits per heavy atom. The van der Waals surface area contributed by atoms with Crippen LogP contribution in [0.25, 0.3) is 0 Å². The molecule has 2 saturated heterocycles. The Bertz CT molecular complexity index is 1140. The van der Waals surface area contributed by atoms with Crippen molar-refractivity contribution in [1.29, 1.82) is 0 Å². The lowest BCUT2D eigenvalue weighted by atomic mass is 10.0. The highest BCUT2D eigenvalue weighted by molar-refractivity contribution is 7.89. The van der Waals surface area contributed by atoms with Gasteiger partial charge in [0, 0.05) is 32.7 Å². The number of benzene rings is 1. The van der Waals surface area contributed by atoms with Crippen LogP contribution in [0.15, 0.2) is 28.5 Å². The minimum Gasteiger partial charge on any atom is -0.338 e. The molecule has 2 fully saturated rings. The summed E-state index contributed by atoms with van der Waals surface area (Å²) < 4.78 is 28.5. The van der Waals surface area contributed by atoms with Crippen molar-refractivity contribution in [3.63, 3.8) is 0 Å². The molecule has 2 aliphatic heterocycles. The first-order valence-electron chi connectivity index (χ1n) is 11.3. The van der Waals surface area contributed by atoms with E-state index in [1.165, 1.54) is 15.6 Å². The number of amides is 2. The number of rotatable bonds is 4. The van der Waals surface area contributed by atoms with Crippen LogP contribution in [-0.4, -0.2) is 73.1 Å². The van der Waals surface area contributed by atoms with E-state index in [0.717, 1.165) is 28.7 Å². The summed E-state index contributed by atoms with van der Waals surface area (Å²) in [5.74, 6) is -0.170. The second-order valence-corrected chi connectivity index (χ2v) is 11.8. The molecule has 4 rings (SSSR count). The largest absolute Gasteiger partial charge is 0.338 e. The van der Waals surface area contributed by atoms with E-state index in [2.05, 4.69) is 0 Å². The van der Waals surface area contributed by atoms with E-state index in [9.17, 15) is 18.0 Å². The molecule has 9 heteroatoms. The van der Waals surface area contributed by atoms with Crippen molar-refractivity contribution in [2.45, 2.75) is 51.5 Å². The van der Waals surface area contributed by atoms with Crippen molar-refractivity contribution in [2.24, 2.45) is 0 Å². The molecule has 0 spiro atoms. The van der Waals surface area contributed by atoms with Crippen LogP contribution < -0.4 is 0 Å². The third-order valence-corrected chi connectivity index (χ3v) is 10.0. The van der Waals surface area contributed by atoms with Crippen molar-refractivity contribution >= 4 is 33.2 Å². The Morgan fingerprint density at radius 3 is 2.18 bits per heavy atom. The minimum atomic E-state index is -3.66. The highest BCUT2D eigenvalue weighted by Gasteiger charge is 2.39. The number of sulfonamides is 1. The zero-order valence-corrected chi connectivity index (χ0v) is 21.3. The first kappa shape index (κ1) is 23.9. The molecule has 2 aromatic rings. The fourth-order valence-electron chi connectivity index (χ4n) is 4.86. The lowest BCUT2D eigenvalue weighted by Crippen LogP contribution is -2.55. The zero-order chi connectivity index (χ0) is 23.9. The summed E-state index contributed by atoms with van der Waals surface area (Å²) in [7, 11) is -3.66. The SMILES string of the molecule is Cc1cc(C)c(C)c(S(=O)(=O)N2CCN(C(=O)[C@@H]3CCCN3C(=O)c3cccs3)CC2)c1C. The topological polar surface area (TPSA) is 78.0 Å². The Labute approximate surface area is 200 Å². The fraction of sp³-hybridized carbons (Fsp3) is 0.500. The molecule has 0 radical (unpaired) electrons. The molecule has 178 valence electrons. The molecule has 0 aliphatic carbocycles. The molecular weight excluding hydrogens is 458 g/mol. The van der Waals surface area contributed by atoms with Gasteiger partial charge in [0.25, 0.3) is 5.91 Å². The molecule has 33 heavy (non-hydrogen) atoms. The first-order valence-corrected chi connectivity index (χ1v) is 13.7. The summed E-state index contributed by atoms with van der Waals surface area (Å²) in [5.41, 5.74) is 3.49. The molecular formula is C24H31N3O4S2. The van der Waals surface area contributed by atoms with Crippen LogP contribution in [0.4, 0.5) is 0 Å². The smallest absolute Gasteiger partial charge is 0.264 e. The van der Waals surface area contributed by atoms with Gasteiger partial charge in [-0.25, -0.2) is 8.42 Å². The Kier molecular flexibility index (Phi) is 6.66. The fourth-order valence-corrected chi connectivity index (χ4v) is 7.54. The van der Waals surface area contributed by atoms with Crippen LogP contribution >= 0.6 is 11.3 Å². The van der Waals surface area contributed by atoms with Crippen LogP contribution in [0.3, 0.4) is 0 Å². The Hall–Kier alpha value is -2.23. The number of thiophene rings is 1. The van der Waals surface area contributed by atoms with Crippen LogP contribution in [0.1, 0.15) is 44.8 Å². The van der Waals surface area contributed by atoms with Gasteiger partial charge in [-0.15, -0.1) is 11.3 Å². The van der Waals surface area contributed by atoms with Crippen LogP contribution in [-0.2, 0) is 14.8 Å². The monoisotopic (exact) mass is 489 g/mol. The molecule has 0 saturated carbocycles. The Morgan fingerprint density at radius 2 is 1.61 bits per heavy atom. The first-order chi connectivity index (χ1) is 15.6. The maximum atomic E-state index is 13.5. The molecule has 1 atom stereocenters. The van der Waals surface area contributed by atoms with Crippen LogP contribution in [0.5, 0.6) is 0 Å². The van der Waals surface area contributed by atoms with E-state index in [1.807, 2.05) is 45.2 Å². The van der Waals surface area contributed by atoms with E-state index < -0.39 is 16.1 Å². The Balaban J connectivity index is 1.47. The summed E-state index contributed by atoms with van der Waals surface area (Å²) in [4.78, 5) is 30.6. The maximum Gasteiger partial charge on any atom is 0.264 e. The van der Waals surface area contributed by atoms with E-state index in [4.69, 9.17) is 0 Å². The average Bonchev–Trinajstić information content (AvgIpc) is 3.49. The lowest BCUT2D eigenvalue weighted by molar-refractivity contribution is -0.136. The second-order valence-electron chi connectivity index (χ2n) is 8.95. The normalized spacial score (nSPS) is 19.8. The average molecular weight is 490 g/mol. The summed E-state index contributed by atoms with van der Waals surface area (Å²) in [6.07, 6.45) is 1.45. The predicted octanol–water partition coefficient (Wildman–Crippen LogP) is 3.12. The molecule has 3 heterocycles. The van der Waals surface area contributed by atoms with Gasteiger partial charge >= 0.3 is 0 Å². The van der Waals surface area contributed by atoms with Gasteiger partial charge < -0.3 is 9.80 Å². The lowest BCUT2D eigenvalue weighted by Gasteiger charge is -2.37. The van der Waals surface area contributed by atoms with Gasteiger partial charge in [0.05, 0.1) is 9.77 Å². The molecule has 0 N–H and O–H groups in total. The van der Waals surface area contributed by atoms with E-state index >= 15 is 0 Å². The number of nitrogens with zero attached hydrogens (tertiary/aromatic N) is 3. The van der Waals surface area contributed by atoms with Gasteiger partial charge in [-0.2, -0.15) is 4.31 Å². The van der Waals surface area contributed by atoms with Gasteiger partial charge in [-0.1, -0.05) is 12.1 Å². The molecule has 7 nitrogen and oxygen atoms in total. The number of hydrogen-bond acceptors (Lipinski definition) is 5. The number of hydrogen-bond donors (Lipinski definition) is 0. The van der Waals surface area contributed by atoms with Crippen molar-refractivity contribution in [3.05, 3.63) is 50.7 Å². The van der Waals surface area contributed by atoms with Crippen LogP contribution in [0, 0.1) is 27.7 Å². The molecule has 2 amide bonds. The van der Waals surface area contributed by atoms with Gasteiger partial charge in [-0.3, -0.25) is 9.59 Å². The molecule has 0 bridgehead atoms.